The molecule has 2 aromatic carbocycles. The summed E-state index contributed by atoms with van der Waals surface area (Å²) in [5.74, 6) is 0.491. The number of benzene rings is 2. The molecule has 1 heterocycles. The Labute approximate surface area is 176 Å². The number of nitrogens with one attached hydrogen (secondary N) is 1. The zero-order chi connectivity index (χ0) is 22.1. The summed E-state index contributed by atoms with van der Waals surface area (Å²) < 4.78 is 11.0. The lowest BCUT2D eigenvalue weighted by Gasteiger charge is -2.19. The summed E-state index contributed by atoms with van der Waals surface area (Å²) >= 11 is 0. The molecular formula is C24H28N2O4. The molecular weight excluding hydrogens is 380 g/mol. The van der Waals surface area contributed by atoms with Crippen LogP contribution in [0, 0.1) is 5.92 Å². The minimum Gasteiger partial charge on any atom is -0.496 e. The third kappa shape index (κ3) is 4.54. The maximum Gasteiger partial charge on any atom is 0.349 e. The van der Waals surface area contributed by atoms with Crippen molar-refractivity contribution in [3.63, 3.8) is 0 Å². The molecule has 0 unspecified atom stereocenters. The summed E-state index contributed by atoms with van der Waals surface area (Å²) in [6.45, 7) is 7.97. The van der Waals surface area contributed by atoms with Crippen molar-refractivity contribution in [2.45, 2.75) is 39.7 Å². The molecule has 0 aliphatic carbocycles. The molecule has 0 atom stereocenters. The van der Waals surface area contributed by atoms with Gasteiger partial charge in [0.1, 0.15) is 16.9 Å². The van der Waals surface area contributed by atoms with Crippen molar-refractivity contribution >= 4 is 22.6 Å². The zero-order valence-corrected chi connectivity index (χ0v) is 18.0. The second-order valence-electron chi connectivity index (χ2n) is 8.46. The van der Waals surface area contributed by atoms with Crippen molar-refractivity contribution < 1.29 is 13.9 Å². The quantitative estimate of drug-likeness (QED) is 0.588. The predicted octanol–water partition coefficient (Wildman–Crippen LogP) is 4.45. The van der Waals surface area contributed by atoms with Gasteiger partial charge in [-0.15, -0.1) is 0 Å². The van der Waals surface area contributed by atoms with Gasteiger partial charge >= 0.3 is 5.63 Å². The Bertz CT molecular complexity index is 1120. The topological polar surface area (TPSA) is 94.6 Å². The summed E-state index contributed by atoms with van der Waals surface area (Å²) in [7, 11) is 1.59. The molecule has 6 heteroatoms. The molecule has 0 aliphatic rings. The van der Waals surface area contributed by atoms with Gasteiger partial charge in [0.25, 0.3) is 5.91 Å². The molecule has 0 radical (unpaired) electrons. The van der Waals surface area contributed by atoms with Gasteiger partial charge < -0.3 is 20.2 Å². The SMILES string of the molecule is COc1ccc2cc(C(=O)Nc3ccc(C(C)(C)N)cc3)c(=O)oc2c1CC(C)C. The second kappa shape index (κ2) is 8.32. The van der Waals surface area contributed by atoms with E-state index < -0.39 is 17.1 Å². The van der Waals surface area contributed by atoms with Crippen LogP contribution in [0.3, 0.4) is 0 Å². The molecule has 158 valence electrons. The van der Waals surface area contributed by atoms with Crippen LogP contribution in [0.4, 0.5) is 5.69 Å². The number of nitrogens with two attached hydrogens (primary N) is 1. The second-order valence-corrected chi connectivity index (χ2v) is 8.46. The fraction of sp³-hybridized carbons (Fsp3) is 0.333. The smallest absolute Gasteiger partial charge is 0.349 e. The van der Waals surface area contributed by atoms with E-state index in [1.54, 1.807) is 31.4 Å². The average molecular weight is 408 g/mol. The first-order valence-electron chi connectivity index (χ1n) is 9.94. The van der Waals surface area contributed by atoms with Crippen molar-refractivity contribution in [3.8, 4) is 5.75 Å². The third-order valence-electron chi connectivity index (χ3n) is 4.93. The highest BCUT2D eigenvalue weighted by Gasteiger charge is 2.19. The van der Waals surface area contributed by atoms with E-state index in [1.165, 1.54) is 0 Å². The number of fused-ring (bicyclic) bond motifs is 1. The highest BCUT2D eigenvalue weighted by Crippen LogP contribution is 2.30. The van der Waals surface area contributed by atoms with Crippen LogP contribution in [-0.2, 0) is 12.0 Å². The van der Waals surface area contributed by atoms with Gasteiger partial charge in [-0.25, -0.2) is 4.79 Å². The lowest BCUT2D eigenvalue weighted by molar-refractivity contribution is 0.102. The number of rotatable bonds is 6. The van der Waals surface area contributed by atoms with Crippen LogP contribution in [-0.4, -0.2) is 13.0 Å². The van der Waals surface area contributed by atoms with Crippen molar-refractivity contribution in [1.29, 1.82) is 0 Å². The number of hydrogen-bond donors (Lipinski definition) is 2. The Morgan fingerprint density at radius 2 is 1.83 bits per heavy atom. The minimum absolute atomic E-state index is 0.0496. The third-order valence-corrected chi connectivity index (χ3v) is 4.93. The molecule has 3 rings (SSSR count). The van der Waals surface area contributed by atoms with E-state index >= 15 is 0 Å². The maximum absolute atomic E-state index is 12.7. The molecule has 3 N–H and O–H groups in total. The standard InChI is InChI=1S/C24H28N2O4/c1-14(2)12-18-20(29-5)11-6-15-13-19(23(28)30-21(15)18)22(27)26-17-9-7-16(8-10-17)24(3,4)25/h6-11,13-14H,12,25H2,1-5H3,(H,26,27). The Kier molecular flexibility index (Phi) is 5.99. The van der Waals surface area contributed by atoms with E-state index in [2.05, 4.69) is 19.2 Å². The highest BCUT2D eigenvalue weighted by molar-refractivity contribution is 6.05. The number of methoxy groups -OCH3 is 1. The predicted molar refractivity (Wildman–Crippen MR) is 119 cm³/mol. The van der Waals surface area contributed by atoms with Gasteiger partial charge in [0.2, 0.25) is 0 Å². The highest BCUT2D eigenvalue weighted by atomic mass is 16.5. The van der Waals surface area contributed by atoms with Crippen LogP contribution >= 0.6 is 0 Å². The zero-order valence-electron chi connectivity index (χ0n) is 18.0. The van der Waals surface area contributed by atoms with Crippen molar-refractivity contribution in [2.75, 3.05) is 12.4 Å². The van der Waals surface area contributed by atoms with E-state index in [9.17, 15) is 9.59 Å². The number of anilines is 1. The van der Waals surface area contributed by atoms with E-state index in [-0.39, 0.29) is 5.56 Å². The monoisotopic (exact) mass is 408 g/mol. The molecule has 1 aromatic heterocycles. The van der Waals surface area contributed by atoms with Crippen molar-refractivity contribution in [3.05, 3.63) is 69.6 Å². The summed E-state index contributed by atoms with van der Waals surface area (Å²) in [4.78, 5) is 25.3. The molecule has 3 aromatic rings. The summed E-state index contributed by atoms with van der Waals surface area (Å²) in [6.07, 6.45) is 0.693. The van der Waals surface area contributed by atoms with Crippen LogP contribution in [0.15, 0.2) is 51.7 Å². The van der Waals surface area contributed by atoms with Gasteiger partial charge in [-0.3, -0.25) is 4.79 Å². The Hall–Kier alpha value is -3.12. The molecule has 0 saturated carbocycles. The first-order valence-corrected chi connectivity index (χ1v) is 9.94. The number of ether oxygens (including phenoxy) is 1. The molecule has 1 amide bonds. The largest absolute Gasteiger partial charge is 0.496 e. The van der Waals surface area contributed by atoms with E-state index in [0.29, 0.717) is 34.7 Å². The van der Waals surface area contributed by atoms with Gasteiger partial charge in [0.05, 0.1) is 7.11 Å². The number of carbonyl (C=O) groups excluding carboxylic acids is 1. The van der Waals surface area contributed by atoms with Gasteiger partial charge in [-0.2, -0.15) is 0 Å². The van der Waals surface area contributed by atoms with Crippen LogP contribution < -0.4 is 21.4 Å². The van der Waals surface area contributed by atoms with E-state index in [1.807, 2.05) is 32.0 Å². The van der Waals surface area contributed by atoms with Crippen LogP contribution in [0.5, 0.6) is 5.75 Å². The minimum atomic E-state index is -0.682. The molecule has 0 aliphatic heterocycles. The van der Waals surface area contributed by atoms with E-state index in [0.717, 1.165) is 11.1 Å². The Balaban J connectivity index is 1.95. The first kappa shape index (κ1) is 21.6. The van der Waals surface area contributed by atoms with Gasteiger partial charge in [0, 0.05) is 22.2 Å². The number of carbonyl (C=O) groups is 1. The van der Waals surface area contributed by atoms with E-state index in [4.69, 9.17) is 14.9 Å². The lowest BCUT2D eigenvalue weighted by atomic mass is 9.95. The van der Waals surface area contributed by atoms with Crippen LogP contribution in [0.2, 0.25) is 0 Å². The fourth-order valence-corrected chi connectivity index (χ4v) is 3.36. The van der Waals surface area contributed by atoms with Gasteiger partial charge in [0.15, 0.2) is 0 Å². The maximum atomic E-state index is 12.7. The molecule has 30 heavy (non-hydrogen) atoms. The first-order chi connectivity index (χ1) is 14.1. The van der Waals surface area contributed by atoms with Crippen molar-refractivity contribution in [2.24, 2.45) is 11.7 Å². The molecule has 0 fully saturated rings. The number of amides is 1. The molecule has 0 saturated heterocycles. The Morgan fingerprint density at radius 3 is 2.40 bits per heavy atom. The summed E-state index contributed by atoms with van der Waals surface area (Å²) in [5, 5.41) is 3.42. The van der Waals surface area contributed by atoms with Gasteiger partial charge in [-0.1, -0.05) is 26.0 Å². The number of hydrogen-bond acceptors (Lipinski definition) is 5. The van der Waals surface area contributed by atoms with Crippen LogP contribution in [0.25, 0.3) is 11.0 Å². The average Bonchev–Trinajstić information content (AvgIpc) is 2.67. The molecule has 0 spiro atoms. The summed E-state index contributed by atoms with van der Waals surface area (Å²) in [5.41, 5.74) is 7.68. The lowest BCUT2D eigenvalue weighted by Crippen LogP contribution is -2.28. The van der Waals surface area contributed by atoms with Gasteiger partial charge in [-0.05, 0) is 62.1 Å². The molecule has 6 nitrogen and oxygen atoms in total. The fourth-order valence-electron chi connectivity index (χ4n) is 3.36. The molecule has 0 bridgehead atoms. The normalized spacial score (nSPS) is 11.7. The summed E-state index contributed by atoms with van der Waals surface area (Å²) in [6, 6.07) is 12.4. The van der Waals surface area contributed by atoms with Crippen LogP contribution in [0.1, 0.15) is 49.2 Å². The Morgan fingerprint density at radius 1 is 1.17 bits per heavy atom. The van der Waals surface area contributed by atoms with Crippen molar-refractivity contribution in [1.82, 2.24) is 0 Å².